The largest absolute Gasteiger partial charge is 0.449 e. The molecule has 3 heteroatoms. The van der Waals surface area contributed by atoms with Gasteiger partial charge in [0.2, 0.25) is 9.03 Å². The van der Waals surface area contributed by atoms with E-state index in [2.05, 4.69) is 39.0 Å². The first-order valence-electron chi connectivity index (χ1n) is 16.5. The van der Waals surface area contributed by atoms with Gasteiger partial charge in [-0.25, -0.2) is 0 Å². The van der Waals surface area contributed by atoms with Crippen molar-refractivity contribution in [2.24, 2.45) is 0 Å². The van der Waals surface area contributed by atoms with Crippen LogP contribution in [0.2, 0.25) is 0 Å². The van der Waals surface area contributed by atoms with Crippen LogP contribution in [-0.4, -0.2) is 6.61 Å². The summed E-state index contributed by atoms with van der Waals surface area (Å²) in [5.74, 6) is 1.06. The molecule has 0 N–H and O–H groups in total. The highest BCUT2D eigenvalue weighted by atomic mass is 31.1. The van der Waals surface area contributed by atoms with Crippen LogP contribution in [-0.2, 0) is 17.4 Å². The third kappa shape index (κ3) is 21.0. The number of benzene rings is 1. The molecule has 0 amide bonds. The van der Waals surface area contributed by atoms with Crippen LogP contribution in [0, 0.1) is 0 Å². The minimum atomic E-state index is 0.120. The van der Waals surface area contributed by atoms with Crippen LogP contribution in [0.1, 0.15) is 173 Å². The highest BCUT2D eigenvalue weighted by Gasteiger charge is 2.07. The smallest absolute Gasteiger partial charge is 0.215 e. The zero-order valence-electron chi connectivity index (χ0n) is 25.2. The number of hydrogen-bond donors (Lipinski definition) is 0. The molecule has 2 nitrogen and oxygen atoms in total. The molecule has 1 rings (SSSR count). The van der Waals surface area contributed by atoms with Crippen molar-refractivity contribution in [3.05, 3.63) is 29.3 Å². The monoisotopic (exact) mass is 534 g/mol. The standard InChI is InChI=1S/C34H63O2P/c1-4-7-10-13-16-19-22-25-30-35-37-36-34-29-28-32(26-23-20-17-14-11-8-5-2)31-33(34)27-24-21-18-15-12-9-6-3/h28-29,31,37H,4-27,30H2,1-3H3. The van der Waals surface area contributed by atoms with E-state index in [4.69, 9.17) is 9.05 Å². The van der Waals surface area contributed by atoms with Crippen molar-refractivity contribution in [3.8, 4) is 5.75 Å². The van der Waals surface area contributed by atoms with E-state index in [1.807, 2.05) is 0 Å². The number of rotatable bonds is 28. The van der Waals surface area contributed by atoms with Crippen molar-refractivity contribution in [2.45, 2.75) is 175 Å². The van der Waals surface area contributed by atoms with E-state index in [-0.39, 0.29) is 9.03 Å². The van der Waals surface area contributed by atoms with E-state index in [1.165, 1.54) is 152 Å². The molecule has 1 aromatic carbocycles. The quantitative estimate of drug-likeness (QED) is 0.0786. The second-order valence-electron chi connectivity index (χ2n) is 11.2. The third-order valence-electron chi connectivity index (χ3n) is 7.55. The van der Waals surface area contributed by atoms with Crippen LogP contribution in [0.3, 0.4) is 0 Å². The maximum absolute atomic E-state index is 6.16. The second-order valence-corrected chi connectivity index (χ2v) is 11.9. The second kappa shape index (κ2) is 27.0. The van der Waals surface area contributed by atoms with Gasteiger partial charge in [0.25, 0.3) is 0 Å². The maximum Gasteiger partial charge on any atom is 0.215 e. The van der Waals surface area contributed by atoms with E-state index < -0.39 is 0 Å². The Kier molecular flexibility index (Phi) is 25.1. The first-order chi connectivity index (χ1) is 18.3. The van der Waals surface area contributed by atoms with E-state index in [0.29, 0.717) is 0 Å². The summed E-state index contributed by atoms with van der Waals surface area (Å²) in [6.45, 7) is 7.70. The van der Waals surface area contributed by atoms with Gasteiger partial charge in [-0.05, 0) is 49.3 Å². The Labute approximate surface area is 234 Å². The molecule has 0 heterocycles. The van der Waals surface area contributed by atoms with Crippen LogP contribution < -0.4 is 4.52 Å². The number of hydrogen-bond acceptors (Lipinski definition) is 2. The Hall–Kier alpha value is -0.590. The zero-order chi connectivity index (χ0) is 26.7. The molecule has 0 aliphatic rings. The Morgan fingerprint density at radius 2 is 0.973 bits per heavy atom. The minimum Gasteiger partial charge on any atom is -0.449 e. The molecule has 0 aliphatic carbocycles. The lowest BCUT2D eigenvalue weighted by Crippen LogP contribution is -1.96. The van der Waals surface area contributed by atoms with E-state index in [0.717, 1.165) is 25.2 Å². The predicted molar refractivity (Wildman–Crippen MR) is 167 cm³/mol. The third-order valence-corrected chi connectivity index (χ3v) is 8.18. The summed E-state index contributed by atoms with van der Waals surface area (Å²) in [5, 5.41) is 0. The number of aryl methyl sites for hydroxylation is 2. The van der Waals surface area contributed by atoms with Crippen LogP contribution >= 0.6 is 9.03 Å². The van der Waals surface area contributed by atoms with Crippen molar-refractivity contribution in [2.75, 3.05) is 6.61 Å². The molecule has 0 saturated heterocycles. The molecule has 0 aromatic heterocycles. The molecule has 0 saturated carbocycles. The predicted octanol–water partition coefficient (Wildman–Crippen LogP) is 12.3. The topological polar surface area (TPSA) is 18.5 Å². The van der Waals surface area contributed by atoms with Crippen LogP contribution in [0.15, 0.2) is 18.2 Å². The van der Waals surface area contributed by atoms with Gasteiger partial charge in [0.05, 0.1) is 6.61 Å². The summed E-state index contributed by atoms with van der Waals surface area (Å²) in [7, 11) is 0.120. The molecule has 37 heavy (non-hydrogen) atoms. The van der Waals surface area contributed by atoms with Crippen molar-refractivity contribution >= 4 is 9.03 Å². The fourth-order valence-electron chi connectivity index (χ4n) is 5.07. The normalized spacial score (nSPS) is 11.6. The zero-order valence-corrected chi connectivity index (χ0v) is 26.2. The molecule has 1 unspecified atom stereocenters. The highest BCUT2D eigenvalue weighted by Crippen LogP contribution is 2.29. The molecule has 1 aromatic rings. The lowest BCUT2D eigenvalue weighted by atomic mass is 9.99. The van der Waals surface area contributed by atoms with E-state index in [1.54, 1.807) is 0 Å². The SMILES string of the molecule is CCCCCCCCCCOPOc1ccc(CCCCCCCCC)cc1CCCCCCCCC. The molecule has 0 aliphatic heterocycles. The highest BCUT2D eigenvalue weighted by molar-refractivity contribution is 7.26. The summed E-state index contributed by atoms with van der Waals surface area (Å²) in [4.78, 5) is 0. The summed E-state index contributed by atoms with van der Waals surface area (Å²) in [6.07, 6.45) is 32.1. The molecule has 0 spiro atoms. The fraction of sp³-hybridized carbons (Fsp3) is 0.824. The molecular weight excluding hydrogens is 471 g/mol. The van der Waals surface area contributed by atoms with Crippen molar-refractivity contribution in [1.29, 1.82) is 0 Å². The van der Waals surface area contributed by atoms with Gasteiger partial charge in [-0.1, -0.05) is 155 Å². The Bertz CT molecular complexity index is 603. The van der Waals surface area contributed by atoms with E-state index >= 15 is 0 Å². The van der Waals surface area contributed by atoms with Gasteiger partial charge in [-0.15, -0.1) is 0 Å². The van der Waals surface area contributed by atoms with Gasteiger partial charge >= 0.3 is 0 Å². The summed E-state index contributed by atoms with van der Waals surface area (Å²) >= 11 is 0. The van der Waals surface area contributed by atoms with Crippen LogP contribution in [0.25, 0.3) is 0 Å². The maximum atomic E-state index is 6.16. The first kappa shape index (κ1) is 34.4. The molecule has 0 fully saturated rings. The van der Waals surface area contributed by atoms with Crippen LogP contribution in [0.5, 0.6) is 5.75 Å². The average Bonchev–Trinajstić information content (AvgIpc) is 2.91. The summed E-state index contributed by atoms with van der Waals surface area (Å²) in [6, 6.07) is 6.95. The van der Waals surface area contributed by atoms with Gasteiger partial charge in [-0.3, -0.25) is 0 Å². The van der Waals surface area contributed by atoms with Crippen molar-refractivity contribution < 1.29 is 9.05 Å². The van der Waals surface area contributed by atoms with Crippen molar-refractivity contribution in [3.63, 3.8) is 0 Å². The minimum absolute atomic E-state index is 0.120. The fourth-order valence-corrected chi connectivity index (χ4v) is 5.64. The Morgan fingerprint density at radius 1 is 0.514 bits per heavy atom. The van der Waals surface area contributed by atoms with Crippen molar-refractivity contribution in [1.82, 2.24) is 0 Å². The summed E-state index contributed by atoms with van der Waals surface area (Å²) < 4.78 is 12.0. The Balaban J connectivity index is 2.36. The molecular formula is C34H63O2P. The molecule has 1 atom stereocenters. The lowest BCUT2D eigenvalue weighted by Gasteiger charge is -2.13. The van der Waals surface area contributed by atoms with Gasteiger partial charge in [0, 0.05) is 0 Å². The molecule has 0 radical (unpaired) electrons. The molecule has 216 valence electrons. The van der Waals surface area contributed by atoms with Gasteiger partial charge < -0.3 is 9.05 Å². The summed E-state index contributed by atoms with van der Waals surface area (Å²) in [5.41, 5.74) is 2.89. The first-order valence-corrected chi connectivity index (χ1v) is 17.3. The van der Waals surface area contributed by atoms with E-state index in [9.17, 15) is 0 Å². The van der Waals surface area contributed by atoms with Gasteiger partial charge in [0.1, 0.15) is 5.75 Å². The molecule has 0 bridgehead atoms. The number of unbranched alkanes of at least 4 members (excludes halogenated alkanes) is 19. The van der Waals surface area contributed by atoms with Gasteiger partial charge in [-0.2, -0.15) is 0 Å². The van der Waals surface area contributed by atoms with Crippen LogP contribution in [0.4, 0.5) is 0 Å². The van der Waals surface area contributed by atoms with Gasteiger partial charge in [0.15, 0.2) is 0 Å². The Morgan fingerprint density at radius 3 is 1.51 bits per heavy atom. The lowest BCUT2D eigenvalue weighted by molar-refractivity contribution is 0.315. The average molecular weight is 535 g/mol.